The first kappa shape index (κ1) is 21.4. The van der Waals surface area contributed by atoms with Crippen LogP contribution in [0.25, 0.3) is 6.08 Å². The molecule has 0 fully saturated rings. The summed E-state index contributed by atoms with van der Waals surface area (Å²) in [6, 6.07) is 10.6. The number of benzene rings is 2. The van der Waals surface area contributed by atoms with Crippen LogP contribution >= 0.6 is 0 Å². The third-order valence-electron chi connectivity index (χ3n) is 3.75. The number of carboxylic acid groups (broad SMARTS) is 2. The van der Waals surface area contributed by atoms with Gasteiger partial charge in [-0.25, -0.2) is 9.59 Å². The molecule has 0 heterocycles. The van der Waals surface area contributed by atoms with Gasteiger partial charge in [0.2, 0.25) is 0 Å². The summed E-state index contributed by atoms with van der Waals surface area (Å²) in [7, 11) is 0. The van der Waals surface area contributed by atoms with Gasteiger partial charge in [-0.1, -0.05) is 24.3 Å². The van der Waals surface area contributed by atoms with E-state index in [9.17, 15) is 14.4 Å². The van der Waals surface area contributed by atoms with E-state index in [4.69, 9.17) is 19.7 Å². The molecular formula is C22H20O7. The fraction of sp³-hybridized carbons (Fsp3) is 0.136. The van der Waals surface area contributed by atoms with Crippen molar-refractivity contribution in [3.8, 4) is 11.5 Å². The van der Waals surface area contributed by atoms with Crippen molar-refractivity contribution in [2.24, 2.45) is 0 Å². The Morgan fingerprint density at radius 2 is 1.72 bits per heavy atom. The van der Waals surface area contributed by atoms with Crippen molar-refractivity contribution in [2.45, 2.75) is 6.42 Å². The van der Waals surface area contributed by atoms with Gasteiger partial charge in [0.15, 0.2) is 12.4 Å². The molecule has 29 heavy (non-hydrogen) atoms. The number of ether oxygens (including phenoxy) is 2. The summed E-state index contributed by atoms with van der Waals surface area (Å²) < 4.78 is 10.8. The molecule has 0 unspecified atom stereocenters. The highest BCUT2D eigenvalue weighted by Crippen LogP contribution is 2.26. The molecule has 2 aromatic rings. The molecule has 0 bridgehead atoms. The van der Waals surface area contributed by atoms with Crippen molar-refractivity contribution in [1.82, 2.24) is 0 Å². The lowest BCUT2D eigenvalue weighted by Crippen LogP contribution is -2.12. The number of rotatable bonds is 11. The Kier molecular flexibility index (Phi) is 7.73. The SMILES string of the molecule is C=CCCOc1ccc(C(=O)/C=C/c2ccc(C(=O)O)cc2)c(OCC(=O)O)c1. The third-order valence-corrected chi connectivity index (χ3v) is 3.75. The van der Waals surface area contributed by atoms with Crippen LogP contribution in [0.5, 0.6) is 11.5 Å². The number of aliphatic carboxylic acids is 1. The zero-order chi connectivity index (χ0) is 21.2. The van der Waals surface area contributed by atoms with Crippen LogP contribution in [0.2, 0.25) is 0 Å². The summed E-state index contributed by atoms with van der Waals surface area (Å²) in [6.45, 7) is 3.39. The van der Waals surface area contributed by atoms with E-state index in [2.05, 4.69) is 6.58 Å². The molecule has 0 spiro atoms. The zero-order valence-corrected chi connectivity index (χ0v) is 15.5. The first-order valence-corrected chi connectivity index (χ1v) is 8.69. The van der Waals surface area contributed by atoms with Gasteiger partial charge in [0, 0.05) is 6.07 Å². The van der Waals surface area contributed by atoms with E-state index >= 15 is 0 Å². The van der Waals surface area contributed by atoms with Crippen molar-refractivity contribution in [2.75, 3.05) is 13.2 Å². The molecule has 0 aliphatic carbocycles. The Morgan fingerprint density at radius 3 is 2.34 bits per heavy atom. The minimum atomic E-state index is -1.17. The summed E-state index contributed by atoms with van der Waals surface area (Å²) in [5.74, 6) is -2.07. The standard InChI is InChI=1S/C22H20O7/c1-2-3-12-28-17-9-10-18(20(13-17)29-14-21(24)25)19(23)11-6-15-4-7-16(8-5-15)22(26)27/h2,4-11,13H,1,3,12,14H2,(H,24,25)(H,26,27)/b11-6+. The van der Waals surface area contributed by atoms with Crippen LogP contribution in [0.15, 0.2) is 61.2 Å². The molecule has 2 aromatic carbocycles. The fourth-order valence-electron chi connectivity index (χ4n) is 2.31. The van der Waals surface area contributed by atoms with Crippen LogP contribution in [0, 0.1) is 0 Å². The highest BCUT2D eigenvalue weighted by atomic mass is 16.5. The normalized spacial score (nSPS) is 10.5. The van der Waals surface area contributed by atoms with Crippen LogP contribution < -0.4 is 9.47 Å². The van der Waals surface area contributed by atoms with E-state index in [1.807, 2.05) is 0 Å². The smallest absolute Gasteiger partial charge is 0.341 e. The highest BCUT2D eigenvalue weighted by molar-refractivity contribution is 6.08. The minimum Gasteiger partial charge on any atom is -0.493 e. The maximum Gasteiger partial charge on any atom is 0.341 e. The highest BCUT2D eigenvalue weighted by Gasteiger charge is 2.13. The van der Waals surface area contributed by atoms with Crippen LogP contribution in [0.3, 0.4) is 0 Å². The van der Waals surface area contributed by atoms with Crippen LogP contribution in [-0.2, 0) is 4.79 Å². The van der Waals surface area contributed by atoms with E-state index in [1.165, 1.54) is 36.4 Å². The quantitative estimate of drug-likeness (QED) is 0.258. The summed E-state index contributed by atoms with van der Waals surface area (Å²) in [5, 5.41) is 17.8. The fourth-order valence-corrected chi connectivity index (χ4v) is 2.31. The molecule has 0 amide bonds. The van der Waals surface area contributed by atoms with Crippen LogP contribution in [0.1, 0.15) is 32.7 Å². The second-order valence-electron chi connectivity index (χ2n) is 5.89. The van der Waals surface area contributed by atoms with Crippen LogP contribution in [0.4, 0.5) is 0 Å². The Hall–Kier alpha value is -3.87. The average molecular weight is 396 g/mol. The second-order valence-corrected chi connectivity index (χ2v) is 5.89. The lowest BCUT2D eigenvalue weighted by molar-refractivity contribution is -0.139. The van der Waals surface area contributed by atoms with Gasteiger partial charge in [0.25, 0.3) is 0 Å². The van der Waals surface area contributed by atoms with E-state index in [0.717, 1.165) is 0 Å². The van der Waals surface area contributed by atoms with Crippen molar-refractivity contribution in [1.29, 1.82) is 0 Å². The monoisotopic (exact) mass is 396 g/mol. The maximum absolute atomic E-state index is 12.6. The van der Waals surface area contributed by atoms with Gasteiger partial charge in [-0.05, 0) is 42.3 Å². The van der Waals surface area contributed by atoms with E-state index < -0.39 is 24.3 Å². The molecule has 7 nitrogen and oxygen atoms in total. The van der Waals surface area contributed by atoms with Gasteiger partial charge >= 0.3 is 11.9 Å². The van der Waals surface area contributed by atoms with Gasteiger partial charge < -0.3 is 19.7 Å². The first-order chi connectivity index (χ1) is 13.9. The lowest BCUT2D eigenvalue weighted by atomic mass is 10.1. The molecule has 150 valence electrons. The lowest BCUT2D eigenvalue weighted by Gasteiger charge is -2.11. The zero-order valence-electron chi connectivity index (χ0n) is 15.5. The Labute approximate surface area is 167 Å². The van der Waals surface area contributed by atoms with Crippen molar-refractivity contribution in [3.05, 3.63) is 77.9 Å². The number of allylic oxidation sites excluding steroid dienone is 1. The number of ketones is 1. The Balaban J connectivity index is 2.20. The largest absolute Gasteiger partial charge is 0.493 e. The van der Waals surface area contributed by atoms with E-state index in [1.54, 1.807) is 24.3 Å². The molecule has 0 aliphatic heterocycles. The number of aromatic carboxylic acids is 1. The van der Waals surface area contributed by atoms with Gasteiger partial charge in [-0.2, -0.15) is 0 Å². The second kappa shape index (κ2) is 10.5. The van der Waals surface area contributed by atoms with Crippen molar-refractivity contribution in [3.63, 3.8) is 0 Å². The number of carbonyl (C=O) groups is 3. The van der Waals surface area contributed by atoms with Gasteiger partial charge in [-0.15, -0.1) is 6.58 Å². The number of carbonyl (C=O) groups excluding carboxylic acids is 1. The molecule has 0 saturated heterocycles. The molecule has 0 radical (unpaired) electrons. The summed E-state index contributed by atoms with van der Waals surface area (Å²) in [5.41, 5.74) is 0.964. The number of hydrogen-bond acceptors (Lipinski definition) is 5. The predicted octanol–water partition coefficient (Wildman–Crippen LogP) is 3.70. The van der Waals surface area contributed by atoms with Gasteiger partial charge in [-0.3, -0.25) is 4.79 Å². The Bertz CT molecular complexity index is 927. The van der Waals surface area contributed by atoms with Gasteiger partial charge in [0.05, 0.1) is 17.7 Å². The van der Waals surface area contributed by atoms with E-state index in [-0.39, 0.29) is 16.9 Å². The van der Waals surface area contributed by atoms with Crippen LogP contribution in [-0.4, -0.2) is 41.1 Å². The molecule has 7 heteroatoms. The maximum atomic E-state index is 12.6. The minimum absolute atomic E-state index is 0.0966. The van der Waals surface area contributed by atoms with Gasteiger partial charge in [0.1, 0.15) is 11.5 Å². The molecule has 2 N–H and O–H groups in total. The first-order valence-electron chi connectivity index (χ1n) is 8.69. The summed E-state index contributed by atoms with van der Waals surface area (Å²) in [6.07, 6.45) is 5.17. The van der Waals surface area contributed by atoms with Crippen molar-refractivity contribution >= 4 is 23.8 Å². The molecule has 2 rings (SSSR count). The topological polar surface area (TPSA) is 110 Å². The number of carboxylic acids is 2. The van der Waals surface area contributed by atoms with Crippen molar-refractivity contribution < 1.29 is 34.1 Å². The third kappa shape index (κ3) is 6.66. The molecular weight excluding hydrogens is 376 g/mol. The Morgan fingerprint density at radius 1 is 1.00 bits per heavy atom. The predicted molar refractivity (Wildman–Crippen MR) is 107 cm³/mol. The van der Waals surface area contributed by atoms with E-state index in [0.29, 0.717) is 24.3 Å². The molecule has 0 aromatic heterocycles. The summed E-state index contributed by atoms with van der Waals surface area (Å²) in [4.78, 5) is 34.3. The summed E-state index contributed by atoms with van der Waals surface area (Å²) >= 11 is 0. The number of hydrogen-bond donors (Lipinski definition) is 2. The molecule has 0 saturated carbocycles. The molecule has 0 atom stereocenters. The average Bonchev–Trinajstić information content (AvgIpc) is 2.71. The molecule has 0 aliphatic rings.